The van der Waals surface area contributed by atoms with E-state index in [4.69, 9.17) is 11.6 Å². The molecule has 0 saturated heterocycles. The number of fused-ring (bicyclic) bond motifs is 1. The zero-order valence-electron chi connectivity index (χ0n) is 11.5. The Morgan fingerprint density at radius 1 is 1.10 bits per heavy atom. The fraction of sp³-hybridized carbons (Fsp3) is 0.250. The molecule has 0 fully saturated rings. The molecule has 1 aromatic carbocycles. The summed E-state index contributed by atoms with van der Waals surface area (Å²) < 4.78 is 1.26. The van der Waals surface area contributed by atoms with E-state index >= 15 is 0 Å². The first-order chi connectivity index (χ1) is 9.65. The van der Waals surface area contributed by atoms with Crippen LogP contribution in [0.2, 0.25) is 5.02 Å². The van der Waals surface area contributed by atoms with Crippen molar-refractivity contribution in [2.75, 3.05) is 0 Å². The van der Waals surface area contributed by atoms with Crippen LogP contribution in [0.1, 0.15) is 20.2 Å². The van der Waals surface area contributed by atoms with E-state index in [2.05, 4.69) is 43.4 Å². The van der Waals surface area contributed by atoms with Crippen LogP contribution in [0.15, 0.2) is 30.3 Å². The Balaban J connectivity index is 1.69. The lowest BCUT2D eigenvalue weighted by atomic mass is 10.2. The molecule has 0 unspecified atom stereocenters. The monoisotopic (exact) mass is 321 g/mol. The molecule has 3 aromatic rings. The van der Waals surface area contributed by atoms with Crippen LogP contribution in [0.25, 0.3) is 10.1 Å². The molecule has 20 heavy (non-hydrogen) atoms. The smallest absolute Gasteiger partial charge is 0.0636 e. The van der Waals surface area contributed by atoms with E-state index in [9.17, 15) is 0 Å². The minimum absolute atomic E-state index is 0.828. The molecule has 0 amide bonds. The van der Waals surface area contributed by atoms with Crippen LogP contribution in [-0.2, 0) is 13.1 Å². The maximum Gasteiger partial charge on any atom is 0.0636 e. The normalized spacial score (nSPS) is 11.3. The minimum Gasteiger partial charge on any atom is -0.307 e. The van der Waals surface area contributed by atoms with Crippen LogP contribution < -0.4 is 5.32 Å². The van der Waals surface area contributed by atoms with Crippen LogP contribution in [0, 0.1) is 13.8 Å². The SMILES string of the molecule is Cc1cc(CNCc2sc3ccccc3c2Cl)sc1C. The molecule has 0 aliphatic rings. The number of aryl methyl sites for hydroxylation is 2. The highest BCUT2D eigenvalue weighted by Crippen LogP contribution is 2.35. The Labute approximate surface area is 132 Å². The summed E-state index contributed by atoms with van der Waals surface area (Å²) in [6, 6.07) is 10.6. The number of halogens is 1. The predicted octanol–water partition coefficient (Wildman–Crippen LogP) is 5.52. The molecule has 4 heteroatoms. The molecule has 0 aliphatic carbocycles. The number of hydrogen-bond acceptors (Lipinski definition) is 3. The highest BCUT2D eigenvalue weighted by Gasteiger charge is 2.09. The molecule has 0 saturated carbocycles. The Kier molecular flexibility index (Phi) is 4.13. The molecule has 0 bridgehead atoms. The third kappa shape index (κ3) is 2.77. The van der Waals surface area contributed by atoms with E-state index in [0.29, 0.717) is 0 Å². The third-order valence-electron chi connectivity index (χ3n) is 3.40. The van der Waals surface area contributed by atoms with Gasteiger partial charge in [0.15, 0.2) is 0 Å². The van der Waals surface area contributed by atoms with Crippen molar-refractivity contribution in [1.29, 1.82) is 0 Å². The molecule has 3 rings (SSSR count). The van der Waals surface area contributed by atoms with Crippen molar-refractivity contribution in [3.63, 3.8) is 0 Å². The molecular formula is C16H16ClNS2. The van der Waals surface area contributed by atoms with Crippen LogP contribution in [0.3, 0.4) is 0 Å². The Hall–Kier alpha value is -0.870. The second-order valence-corrected chi connectivity index (χ2v) is 7.75. The van der Waals surface area contributed by atoms with Gasteiger partial charge in [0.05, 0.1) is 5.02 Å². The second-order valence-electron chi connectivity index (χ2n) is 4.89. The Bertz CT molecular complexity index is 723. The van der Waals surface area contributed by atoms with Crippen molar-refractivity contribution in [2.24, 2.45) is 0 Å². The highest BCUT2D eigenvalue weighted by atomic mass is 35.5. The predicted molar refractivity (Wildman–Crippen MR) is 91.2 cm³/mol. The zero-order valence-corrected chi connectivity index (χ0v) is 13.9. The first-order valence-electron chi connectivity index (χ1n) is 6.57. The molecule has 0 radical (unpaired) electrons. The van der Waals surface area contributed by atoms with Crippen molar-refractivity contribution in [1.82, 2.24) is 5.32 Å². The Morgan fingerprint density at radius 3 is 2.60 bits per heavy atom. The van der Waals surface area contributed by atoms with Gasteiger partial charge in [0, 0.05) is 37.8 Å². The average Bonchev–Trinajstić information content (AvgIpc) is 2.92. The van der Waals surface area contributed by atoms with Gasteiger partial charge < -0.3 is 5.32 Å². The number of hydrogen-bond donors (Lipinski definition) is 1. The van der Waals surface area contributed by atoms with Gasteiger partial charge in [-0.1, -0.05) is 29.8 Å². The molecular weight excluding hydrogens is 306 g/mol. The fourth-order valence-electron chi connectivity index (χ4n) is 2.21. The summed E-state index contributed by atoms with van der Waals surface area (Å²) in [6.07, 6.45) is 0. The minimum atomic E-state index is 0.828. The van der Waals surface area contributed by atoms with Crippen LogP contribution in [0.4, 0.5) is 0 Å². The van der Waals surface area contributed by atoms with Crippen molar-refractivity contribution in [2.45, 2.75) is 26.9 Å². The number of nitrogens with one attached hydrogen (secondary N) is 1. The van der Waals surface area contributed by atoms with Gasteiger partial charge in [-0.3, -0.25) is 0 Å². The van der Waals surface area contributed by atoms with Gasteiger partial charge in [0.2, 0.25) is 0 Å². The van der Waals surface area contributed by atoms with E-state index in [1.54, 1.807) is 11.3 Å². The van der Waals surface area contributed by atoms with E-state index in [1.165, 1.54) is 30.3 Å². The fourth-order valence-corrected chi connectivity index (χ4v) is 4.71. The molecule has 1 nitrogen and oxygen atoms in total. The quantitative estimate of drug-likeness (QED) is 0.667. The molecule has 2 heterocycles. The lowest BCUT2D eigenvalue weighted by Crippen LogP contribution is -2.10. The highest BCUT2D eigenvalue weighted by molar-refractivity contribution is 7.19. The van der Waals surface area contributed by atoms with Gasteiger partial charge in [-0.05, 0) is 31.5 Å². The largest absolute Gasteiger partial charge is 0.307 e. The van der Waals surface area contributed by atoms with Crippen LogP contribution in [-0.4, -0.2) is 0 Å². The van der Waals surface area contributed by atoms with Crippen molar-refractivity contribution < 1.29 is 0 Å². The van der Waals surface area contributed by atoms with E-state index in [-0.39, 0.29) is 0 Å². The van der Waals surface area contributed by atoms with Crippen LogP contribution >= 0.6 is 34.3 Å². The zero-order chi connectivity index (χ0) is 14.1. The molecule has 104 valence electrons. The van der Waals surface area contributed by atoms with E-state index in [0.717, 1.165) is 18.1 Å². The van der Waals surface area contributed by atoms with Gasteiger partial charge in [0.1, 0.15) is 0 Å². The summed E-state index contributed by atoms with van der Waals surface area (Å²) in [4.78, 5) is 4.01. The van der Waals surface area contributed by atoms with Gasteiger partial charge in [-0.25, -0.2) is 0 Å². The first-order valence-corrected chi connectivity index (χ1v) is 8.59. The molecule has 0 atom stereocenters. The lowest BCUT2D eigenvalue weighted by Gasteiger charge is -2.01. The molecule has 0 aliphatic heterocycles. The third-order valence-corrected chi connectivity index (χ3v) is 6.27. The lowest BCUT2D eigenvalue weighted by molar-refractivity contribution is 0.709. The summed E-state index contributed by atoms with van der Waals surface area (Å²) >= 11 is 10.1. The molecule has 1 N–H and O–H groups in total. The number of rotatable bonds is 4. The maximum atomic E-state index is 6.44. The molecule has 2 aromatic heterocycles. The van der Waals surface area contributed by atoms with Crippen LogP contribution in [0.5, 0.6) is 0 Å². The van der Waals surface area contributed by atoms with Gasteiger partial charge >= 0.3 is 0 Å². The van der Waals surface area contributed by atoms with Gasteiger partial charge in [0.25, 0.3) is 0 Å². The standard InChI is InChI=1S/C16H16ClNS2/c1-10-7-12(19-11(10)2)8-18-9-15-16(17)13-5-3-4-6-14(13)20-15/h3-7,18H,8-9H2,1-2H3. The van der Waals surface area contributed by atoms with Crippen molar-refractivity contribution in [3.05, 3.63) is 55.5 Å². The number of benzene rings is 1. The summed E-state index contributed by atoms with van der Waals surface area (Å²) in [7, 11) is 0. The maximum absolute atomic E-state index is 6.44. The Morgan fingerprint density at radius 2 is 1.90 bits per heavy atom. The topological polar surface area (TPSA) is 12.0 Å². The summed E-state index contributed by atoms with van der Waals surface area (Å²) in [6.45, 7) is 6.07. The summed E-state index contributed by atoms with van der Waals surface area (Å²) in [5, 5.41) is 5.56. The second kappa shape index (κ2) is 5.86. The van der Waals surface area contributed by atoms with Crippen molar-refractivity contribution in [3.8, 4) is 0 Å². The first kappa shape index (κ1) is 14.1. The number of thiophene rings is 2. The van der Waals surface area contributed by atoms with Crippen molar-refractivity contribution >= 4 is 44.4 Å². The average molecular weight is 322 g/mol. The molecule has 0 spiro atoms. The van der Waals surface area contributed by atoms with Gasteiger partial charge in [-0.2, -0.15) is 0 Å². The van der Waals surface area contributed by atoms with E-state index in [1.807, 2.05) is 17.4 Å². The van der Waals surface area contributed by atoms with Gasteiger partial charge in [-0.15, -0.1) is 22.7 Å². The summed E-state index contributed by atoms with van der Waals surface area (Å²) in [5.41, 5.74) is 1.38. The van der Waals surface area contributed by atoms with E-state index < -0.39 is 0 Å². The summed E-state index contributed by atoms with van der Waals surface area (Å²) in [5.74, 6) is 0.